The Bertz CT molecular complexity index is 394. The fourth-order valence-electron chi connectivity index (χ4n) is 1.20. The van der Waals surface area contributed by atoms with Crippen LogP contribution in [0.5, 0.6) is 11.5 Å². The minimum Gasteiger partial charge on any atom is -0.497 e. The first-order valence-electron chi connectivity index (χ1n) is 4.51. The summed E-state index contributed by atoms with van der Waals surface area (Å²) in [5.41, 5.74) is 1.54. The van der Waals surface area contributed by atoms with Gasteiger partial charge in [-0.15, -0.1) is 0 Å². The number of rotatable bonds is 3. The zero-order valence-corrected chi connectivity index (χ0v) is 9.07. The maximum atomic E-state index is 8.67. The van der Waals surface area contributed by atoms with Crippen molar-refractivity contribution in [2.24, 2.45) is 0 Å². The second kappa shape index (κ2) is 5.06. The molecule has 0 fully saturated rings. The summed E-state index contributed by atoms with van der Waals surface area (Å²) in [7, 11) is 3.19. The van der Waals surface area contributed by atoms with Gasteiger partial charge >= 0.3 is 0 Å². The molecule has 15 heavy (non-hydrogen) atoms. The smallest absolute Gasteiger partial charge is 0.123 e. The van der Waals surface area contributed by atoms with Gasteiger partial charge in [-0.1, -0.05) is 0 Å². The molecule has 0 heterocycles. The third-order valence-electron chi connectivity index (χ3n) is 1.93. The van der Waals surface area contributed by atoms with Gasteiger partial charge in [-0.2, -0.15) is 5.26 Å². The summed E-state index contributed by atoms with van der Waals surface area (Å²) in [5.74, 6) is 1.43. The Morgan fingerprint density at radius 3 is 2.13 bits per heavy atom. The molecule has 0 spiro atoms. The van der Waals surface area contributed by atoms with E-state index in [0.29, 0.717) is 17.1 Å². The molecular formula is C12H13NO2. The van der Waals surface area contributed by atoms with E-state index in [-0.39, 0.29) is 0 Å². The van der Waals surface area contributed by atoms with Crippen LogP contribution in [0.1, 0.15) is 12.5 Å². The van der Waals surface area contributed by atoms with Crippen LogP contribution in [0, 0.1) is 11.3 Å². The number of benzene rings is 1. The summed E-state index contributed by atoms with van der Waals surface area (Å²) in [5, 5.41) is 8.67. The van der Waals surface area contributed by atoms with E-state index >= 15 is 0 Å². The SMILES string of the molecule is COc1cc(/C=C(/C)C#N)cc(OC)c1. The zero-order chi connectivity index (χ0) is 11.3. The van der Waals surface area contributed by atoms with Crippen molar-refractivity contribution in [1.82, 2.24) is 0 Å². The van der Waals surface area contributed by atoms with E-state index < -0.39 is 0 Å². The predicted octanol–water partition coefficient (Wildman–Crippen LogP) is 2.63. The summed E-state index contributed by atoms with van der Waals surface area (Å²) in [4.78, 5) is 0. The topological polar surface area (TPSA) is 42.2 Å². The molecule has 0 amide bonds. The largest absolute Gasteiger partial charge is 0.497 e. The van der Waals surface area contributed by atoms with Gasteiger partial charge in [0.25, 0.3) is 0 Å². The van der Waals surface area contributed by atoms with Gasteiger partial charge < -0.3 is 9.47 Å². The van der Waals surface area contributed by atoms with Crippen molar-refractivity contribution >= 4 is 6.08 Å². The van der Waals surface area contributed by atoms with E-state index in [2.05, 4.69) is 6.07 Å². The normalized spacial score (nSPS) is 10.7. The first-order valence-corrected chi connectivity index (χ1v) is 4.51. The molecule has 0 saturated carbocycles. The first kappa shape index (κ1) is 11.1. The Labute approximate surface area is 89.6 Å². The number of nitrogens with zero attached hydrogens (tertiary/aromatic N) is 1. The molecule has 0 aromatic heterocycles. The molecular weight excluding hydrogens is 190 g/mol. The maximum absolute atomic E-state index is 8.67. The minimum absolute atomic E-state index is 0.644. The summed E-state index contributed by atoms with van der Waals surface area (Å²) < 4.78 is 10.2. The van der Waals surface area contributed by atoms with Crippen molar-refractivity contribution in [2.75, 3.05) is 14.2 Å². The van der Waals surface area contributed by atoms with Crippen LogP contribution in [-0.2, 0) is 0 Å². The van der Waals surface area contributed by atoms with Crippen molar-refractivity contribution in [1.29, 1.82) is 5.26 Å². The molecule has 0 saturated heterocycles. The van der Waals surface area contributed by atoms with Crippen LogP contribution >= 0.6 is 0 Å². The fourth-order valence-corrected chi connectivity index (χ4v) is 1.20. The average molecular weight is 203 g/mol. The zero-order valence-electron chi connectivity index (χ0n) is 9.07. The highest BCUT2D eigenvalue weighted by molar-refractivity contribution is 5.60. The van der Waals surface area contributed by atoms with E-state index in [4.69, 9.17) is 14.7 Å². The highest BCUT2D eigenvalue weighted by Crippen LogP contribution is 2.23. The number of hydrogen-bond donors (Lipinski definition) is 0. The molecule has 0 N–H and O–H groups in total. The number of ether oxygens (including phenoxy) is 2. The van der Waals surface area contributed by atoms with Crippen molar-refractivity contribution in [3.05, 3.63) is 29.3 Å². The number of methoxy groups -OCH3 is 2. The molecule has 0 aliphatic rings. The van der Waals surface area contributed by atoms with Crippen LogP contribution in [0.25, 0.3) is 6.08 Å². The summed E-state index contributed by atoms with van der Waals surface area (Å²) in [6, 6.07) is 7.56. The Morgan fingerprint density at radius 2 is 1.73 bits per heavy atom. The molecule has 1 aromatic rings. The summed E-state index contributed by atoms with van der Waals surface area (Å²) in [6.45, 7) is 1.76. The lowest BCUT2D eigenvalue weighted by molar-refractivity contribution is 0.394. The lowest BCUT2D eigenvalue weighted by atomic mass is 10.1. The lowest BCUT2D eigenvalue weighted by Crippen LogP contribution is -1.88. The highest BCUT2D eigenvalue weighted by atomic mass is 16.5. The van der Waals surface area contributed by atoms with Gasteiger partial charge in [0.2, 0.25) is 0 Å². The van der Waals surface area contributed by atoms with E-state index in [1.807, 2.05) is 12.1 Å². The number of hydrogen-bond acceptors (Lipinski definition) is 3. The Morgan fingerprint density at radius 1 is 1.20 bits per heavy atom. The Balaban J connectivity index is 3.14. The standard InChI is InChI=1S/C12H13NO2/c1-9(8-13)4-10-5-11(14-2)7-12(6-10)15-3/h4-7H,1-3H3/b9-4-. The van der Waals surface area contributed by atoms with Crippen molar-refractivity contribution in [3.63, 3.8) is 0 Å². The molecule has 0 aliphatic heterocycles. The van der Waals surface area contributed by atoms with Crippen LogP contribution in [0.2, 0.25) is 0 Å². The molecule has 0 radical (unpaired) electrons. The summed E-state index contributed by atoms with van der Waals surface area (Å²) >= 11 is 0. The summed E-state index contributed by atoms with van der Waals surface area (Å²) in [6.07, 6.45) is 1.78. The van der Waals surface area contributed by atoms with Gasteiger partial charge in [-0.05, 0) is 30.7 Å². The minimum atomic E-state index is 0.644. The molecule has 0 aliphatic carbocycles. The molecule has 0 unspecified atom stereocenters. The molecule has 78 valence electrons. The quantitative estimate of drug-likeness (QED) is 0.709. The van der Waals surface area contributed by atoms with Crippen LogP contribution in [0.15, 0.2) is 23.8 Å². The number of allylic oxidation sites excluding steroid dienone is 1. The molecule has 3 nitrogen and oxygen atoms in total. The Kier molecular flexibility index (Phi) is 3.75. The van der Waals surface area contributed by atoms with Crippen LogP contribution in [0.3, 0.4) is 0 Å². The third-order valence-corrected chi connectivity index (χ3v) is 1.93. The maximum Gasteiger partial charge on any atom is 0.123 e. The van der Waals surface area contributed by atoms with E-state index in [1.54, 1.807) is 33.3 Å². The lowest BCUT2D eigenvalue weighted by Gasteiger charge is -2.05. The van der Waals surface area contributed by atoms with Gasteiger partial charge in [0.15, 0.2) is 0 Å². The molecule has 3 heteroatoms. The first-order chi connectivity index (χ1) is 7.19. The molecule has 1 rings (SSSR count). The van der Waals surface area contributed by atoms with Gasteiger partial charge in [-0.25, -0.2) is 0 Å². The molecule has 0 bridgehead atoms. The number of nitriles is 1. The van der Waals surface area contributed by atoms with Crippen LogP contribution in [0.4, 0.5) is 0 Å². The van der Waals surface area contributed by atoms with E-state index in [1.165, 1.54) is 0 Å². The van der Waals surface area contributed by atoms with Crippen molar-refractivity contribution < 1.29 is 9.47 Å². The van der Waals surface area contributed by atoms with Crippen molar-refractivity contribution in [2.45, 2.75) is 6.92 Å². The van der Waals surface area contributed by atoms with E-state index in [0.717, 1.165) is 5.56 Å². The van der Waals surface area contributed by atoms with Gasteiger partial charge in [0.05, 0.1) is 20.3 Å². The average Bonchev–Trinajstić information content (AvgIpc) is 2.28. The van der Waals surface area contributed by atoms with Crippen LogP contribution < -0.4 is 9.47 Å². The van der Waals surface area contributed by atoms with Gasteiger partial charge in [0, 0.05) is 11.6 Å². The monoisotopic (exact) mass is 203 g/mol. The molecule has 1 aromatic carbocycles. The predicted molar refractivity (Wildman–Crippen MR) is 58.8 cm³/mol. The second-order valence-electron chi connectivity index (χ2n) is 3.09. The van der Waals surface area contributed by atoms with Gasteiger partial charge in [-0.3, -0.25) is 0 Å². The van der Waals surface area contributed by atoms with Crippen LogP contribution in [-0.4, -0.2) is 14.2 Å². The third kappa shape index (κ3) is 3.03. The Hall–Kier alpha value is -1.95. The molecule has 0 atom stereocenters. The fraction of sp³-hybridized carbons (Fsp3) is 0.250. The van der Waals surface area contributed by atoms with Crippen molar-refractivity contribution in [3.8, 4) is 17.6 Å². The second-order valence-corrected chi connectivity index (χ2v) is 3.09. The van der Waals surface area contributed by atoms with E-state index in [9.17, 15) is 0 Å². The highest BCUT2D eigenvalue weighted by Gasteiger charge is 1.99. The van der Waals surface area contributed by atoms with Gasteiger partial charge in [0.1, 0.15) is 11.5 Å².